The molecule has 6 nitrogen and oxygen atoms in total. The Morgan fingerprint density at radius 2 is 2.05 bits per heavy atom. The maximum absolute atomic E-state index is 11.9. The van der Waals surface area contributed by atoms with Crippen molar-refractivity contribution in [3.05, 3.63) is 35.4 Å². The summed E-state index contributed by atoms with van der Waals surface area (Å²) in [5.41, 5.74) is 0.935. The molecule has 0 radical (unpaired) electrons. The minimum absolute atomic E-state index is 0.160. The third-order valence-electron chi connectivity index (χ3n) is 3.46. The zero-order valence-corrected chi connectivity index (χ0v) is 9.91. The first-order chi connectivity index (χ1) is 9.09. The number of carbonyl (C=O) groups excluding carboxylic acids is 2. The van der Waals surface area contributed by atoms with Crippen LogP contribution in [0, 0.1) is 0 Å². The number of carboxylic acid groups (broad SMARTS) is 1. The molecule has 19 heavy (non-hydrogen) atoms. The van der Waals surface area contributed by atoms with Gasteiger partial charge in [0.05, 0.1) is 5.56 Å². The predicted molar refractivity (Wildman–Crippen MR) is 62.1 cm³/mol. The second-order valence-electron chi connectivity index (χ2n) is 4.54. The standard InChI is InChI=1S/C13H11NO5/c15-10-6-5-9(12(16)17)14(10)11-7-3-1-2-4-8(7)13(18)19-11/h1-4,9,11H,5-6H2,(H,16,17)/t9-,11?/m0/s1. The predicted octanol–water partition coefficient (Wildman–Crippen LogP) is 0.931. The quantitative estimate of drug-likeness (QED) is 0.801. The molecule has 0 aliphatic carbocycles. The molecule has 1 fully saturated rings. The van der Waals surface area contributed by atoms with Crippen LogP contribution in [0.5, 0.6) is 0 Å². The fourth-order valence-corrected chi connectivity index (χ4v) is 2.57. The molecule has 2 aliphatic rings. The topological polar surface area (TPSA) is 83.9 Å². The van der Waals surface area contributed by atoms with Gasteiger partial charge in [-0.05, 0) is 12.5 Å². The number of carbonyl (C=O) groups is 3. The van der Waals surface area contributed by atoms with Gasteiger partial charge in [-0.15, -0.1) is 0 Å². The van der Waals surface area contributed by atoms with Crippen LogP contribution in [0.2, 0.25) is 0 Å². The number of aliphatic carboxylic acids is 1. The lowest BCUT2D eigenvalue weighted by Gasteiger charge is -2.27. The number of nitrogens with zero attached hydrogens (tertiary/aromatic N) is 1. The number of ether oxygens (including phenoxy) is 1. The Morgan fingerprint density at radius 1 is 1.32 bits per heavy atom. The minimum Gasteiger partial charge on any atom is -0.480 e. The highest BCUT2D eigenvalue weighted by Crippen LogP contribution is 2.37. The molecule has 0 bridgehead atoms. The molecule has 98 valence electrons. The molecule has 6 heteroatoms. The van der Waals surface area contributed by atoms with E-state index in [1.165, 1.54) is 0 Å². The molecule has 1 aromatic rings. The number of carboxylic acids is 1. The van der Waals surface area contributed by atoms with Gasteiger partial charge in [0.25, 0.3) is 0 Å². The molecule has 1 unspecified atom stereocenters. The van der Waals surface area contributed by atoms with Crippen molar-refractivity contribution in [3.63, 3.8) is 0 Å². The molecule has 0 spiro atoms. The van der Waals surface area contributed by atoms with E-state index in [0.717, 1.165) is 4.90 Å². The van der Waals surface area contributed by atoms with Gasteiger partial charge in [0.1, 0.15) is 6.04 Å². The first-order valence-corrected chi connectivity index (χ1v) is 5.93. The number of rotatable bonds is 2. The SMILES string of the molecule is O=C1OC(N2C(=O)CC[C@H]2C(=O)O)c2ccccc21. The molecular formula is C13H11NO5. The van der Waals surface area contributed by atoms with Gasteiger partial charge in [0.2, 0.25) is 12.1 Å². The fourth-order valence-electron chi connectivity index (χ4n) is 2.57. The third-order valence-corrected chi connectivity index (χ3v) is 3.46. The summed E-state index contributed by atoms with van der Waals surface area (Å²) in [5, 5.41) is 9.14. The van der Waals surface area contributed by atoms with Crippen molar-refractivity contribution < 1.29 is 24.2 Å². The highest BCUT2D eigenvalue weighted by atomic mass is 16.6. The van der Waals surface area contributed by atoms with E-state index >= 15 is 0 Å². The van der Waals surface area contributed by atoms with Gasteiger partial charge in [0.15, 0.2) is 0 Å². The largest absolute Gasteiger partial charge is 0.480 e. The summed E-state index contributed by atoms with van der Waals surface area (Å²) in [7, 11) is 0. The second kappa shape index (κ2) is 4.08. The molecule has 1 saturated heterocycles. The van der Waals surface area contributed by atoms with Crippen LogP contribution in [-0.2, 0) is 14.3 Å². The molecule has 1 aromatic carbocycles. The van der Waals surface area contributed by atoms with Gasteiger partial charge in [-0.3, -0.25) is 9.69 Å². The average Bonchev–Trinajstić information content (AvgIpc) is 2.91. The summed E-state index contributed by atoms with van der Waals surface area (Å²) in [6.45, 7) is 0. The minimum atomic E-state index is -1.08. The summed E-state index contributed by atoms with van der Waals surface area (Å²) in [4.78, 5) is 35.9. The second-order valence-corrected chi connectivity index (χ2v) is 4.54. The van der Waals surface area contributed by atoms with Crippen molar-refractivity contribution >= 4 is 17.8 Å². The van der Waals surface area contributed by atoms with Crippen molar-refractivity contribution in [1.82, 2.24) is 4.90 Å². The van der Waals surface area contributed by atoms with Crippen LogP contribution < -0.4 is 0 Å². The molecule has 1 N–H and O–H groups in total. The Balaban J connectivity index is 2.01. The Hall–Kier alpha value is -2.37. The molecule has 0 saturated carbocycles. The maximum Gasteiger partial charge on any atom is 0.340 e. The lowest BCUT2D eigenvalue weighted by Crippen LogP contribution is -2.41. The molecule has 3 rings (SSSR count). The summed E-state index contributed by atoms with van der Waals surface area (Å²) in [6.07, 6.45) is -0.516. The molecular weight excluding hydrogens is 250 g/mol. The number of benzene rings is 1. The van der Waals surface area contributed by atoms with E-state index in [0.29, 0.717) is 11.1 Å². The monoisotopic (exact) mass is 261 g/mol. The normalized spacial score (nSPS) is 25.4. The van der Waals surface area contributed by atoms with Crippen LogP contribution in [0.25, 0.3) is 0 Å². The molecule has 2 aliphatic heterocycles. The van der Waals surface area contributed by atoms with Gasteiger partial charge in [-0.1, -0.05) is 18.2 Å². The third kappa shape index (κ3) is 1.68. The zero-order chi connectivity index (χ0) is 13.6. The van der Waals surface area contributed by atoms with E-state index in [2.05, 4.69) is 0 Å². The number of hydrogen-bond acceptors (Lipinski definition) is 4. The van der Waals surface area contributed by atoms with E-state index < -0.39 is 24.2 Å². The van der Waals surface area contributed by atoms with Gasteiger partial charge in [-0.2, -0.15) is 0 Å². The van der Waals surface area contributed by atoms with Crippen LogP contribution in [0.4, 0.5) is 0 Å². The van der Waals surface area contributed by atoms with E-state index in [1.807, 2.05) is 0 Å². The summed E-state index contributed by atoms with van der Waals surface area (Å²) in [6, 6.07) is 5.77. The van der Waals surface area contributed by atoms with Crippen LogP contribution in [0.1, 0.15) is 35.0 Å². The molecule has 2 atom stereocenters. The summed E-state index contributed by atoms with van der Waals surface area (Å²) < 4.78 is 5.17. The van der Waals surface area contributed by atoms with E-state index in [1.54, 1.807) is 24.3 Å². The number of amides is 1. The number of hydrogen-bond donors (Lipinski definition) is 1. The average molecular weight is 261 g/mol. The van der Waals surface area contributed by atoms with E-state index in [4.69, 9.17) is 9.84 Å². The first kappa shape index (κ1) is 11.7. The van der Waals surface area contributed by atoms with Crippen LogP contribution in [0.3, 0.4) is 0 Å². The van der Waals surface area contributed by atoms with Crippen LogP contribution >= 0.6 is 0 Å². The molecule has 1 amide bonds. The number of esters is 1. The van der Waals surface area contributed by atoms with Crippen LogP contribution in [-0.4, -0.2) is 33.9 Å². The molecule has 2 heterocycles. The van der Waals surface area contributed by atoms with Crippen molar-refractivity contribution in [1.29, 1.82) is 0 Å². The van der Waals surface area contributed by atoms with Crippen molar-refractivity contribution in [2.45, 2.75) is 25.1 Å². The van der Waals surface area contributed by atoms with Gasteiger partial charge in [0, 0.05) is 12.0 Å². The van der Waals surface area contributed by atoms with Crippen molar-refractivity contribution in [2.24, 2.45) is 0 Å². The summed E-state index contributed by atoms with van der Waals surface area (Å²) in [5.74, 6) is -1.90. The maximum atomic E-state index is 11.9. The molecule has 0 aromatic heterocycles. The van der Waals surface area contributed by atoms with E-state index in [9.17, 15) is 14.4 Å². The Labute approximate surface area is 108 Å². The zero-order valence-electron chi connectivity index (χ0n) is 9.91. The highest BCUT2D eigenvalue weighted by molar-refractivity contribution is 5.95. The highest BCUT2D eigenvalue weighted by Gasteiger charge is 2.46. The van der Waals surface area contributed by atoms with E-state index in [-0.39, 0.29) is 18.7 Å². The van der Waals surface area contributed by atoms with Crippen LogP contribution in [0.15, 0.2) is 24.3 Å². The number of likely N-dealkylation sites (tertiary alicyclic amines) is 1. The summed E-state index contributed by atoms with van der Waals surface area (Å²) >= 11 is 0. The van der Waals surface area contributed by atoms with Gasteiger partial charge in [-0.25, -0.2) is 9.59 Å². The van der Waals surface area contributed by atoms with Crippen molar-refractivity contribution in [2.75, 3.05) is 0 Å². The smallest absolute Gasteiger partial charge is 0.340 e. The Morgan fingerprint density at radius 3 is 2.79 bits per heavy atom. The van der Waals surface area contributed by atoms with Crippen molar-refractivity contribution in [3.8, 4) is 0 Å². The number of cyclic esters (lactones) is 1. The first-order valence-electron chi connectivity index (χ1n) is 5.93. The number of fused-ring (bicyclic) bond motifs is 1. The Kier molecular flexibility index (Phi) is 2.51. The van der Waals surface area contributed by atoms with Gasteiger partial charge < -0.3 is 9.84 Å². The lowest BCUT2D eigenvalue weighted by atomic mass is 10.1. The Bertz CT molecular complexity index is 582. The van der Waals surface area contributed by atoms with Gasteiger partial charge >= 0.3 is 11.9 Å². The fraction of sp³-hybridized carbons (Fsp3) is 0.308. The lowest BCUT2D eigenvalue weighted by molar-refractivity contribution is -0.154.